The van der Waals surface area contributed by atoms with Crippen LogP contribution < -0.4 is 21.3 Å². The lowest BCUT2D eigenvalue weighted by molar-refractivity contribution is -0.138. The molecule has 0 aromatic rings. The average Bonchev–Trinajstić information content (AvgIpc) is 2.57. The highest BCUT2D eigenvalue weighted by Crippen LogP contribution is 2.07. The molecule has 1 heterocycles. The second-order valence-corrected chi connectivity index (χ2v) is 6.95. The molecule has 4 atom stereocenters. The molecule has 0 aliphatic carbocycles. The van der Waals surface area contributed by atoms with E-state index in [4.69, 9.17) is 0 Å². The van der Waals surface area contributed by atoms with E-state index in [1.807, 2.05) is 0 Å². The van der Waals surface area contributed by atoms with Crippen molar-refractivity contribution in [2.24, 2.45) is 11.8 Å². The Hall–Kier alpha value is -2.20. The molecule has 1 saturated heterocycles. The fourth-order valence-corrected chi connectivity index (χ4v) is 2.49. The third kappa shape index (κ3) is 5.40. The van der Waals surface area contributed by atoms with Crippen LogP contribution in [0.2, 0.25) is 0 Å². The van der Waals surface area contributed by atoms with Gasteiger partial charge in [-0.2, -0.15) is 0 Å². The zero-order valence-corrected chi connectivity index (χ0v) is 15.4. The molecule has 4 amide bonds. The van der Waals surface area contributed by atoms with Gasteiger partial charge in [-0.1, -0.05) is 27.7 Å². The van der Waals surface area contributed by atoms with Crippen LogP contribution in [0.4, 0.5) is 0 Å². The SMILES string of the molecule is CC(C)[C@@H]1NC(=O)[C@H](CO)NC(=O)[C@H](C(C)C)NC(=O)[C@H](CO)NC1=O. The number of hydrogen-bond donors (Lipinski definition) is 6. The first-order valence-corrected chi connectivity index (χ1v) is 8.55. The van der Waals surface area contributed by atoms with Crippen LogP contribution in [0, 0.1) is 11.8 Å². The molecule has 0 saturated carbocycles. The van der Waals surface area contributed by atoms with Crippen LogP contribution in [-0.4, -0.2) is 71.2 Å². The Bertz CT molecular complexity index is 503. The van der Waals surface area contributed by atoms with E-state index >= 15 is 0 Å². The summed E-state index contributed by atoms with van der Waals surface area (Å²) in [5.41, 5.74) is 0. The first kappa shape index (κ1) is 21.8. The van der Waals surface area contributed by atoms with Gasteiger partial charge in [0.2, 0.25) is 23.6 Å². The number of aliphatic hydroxyl groups is 2. The highest BCUT2D eigenvalue weighted by Gasteiger charge is 2.35. The summed E-state index contributed by atoms with van der Waals surface area (Å²) in [4.78, 5) is 49.6. The van der Waals surface area contributed by atoms with Crippen LogP contribution in [0.1, 0.15) is 27.7 Å². The number of aliphatic hydroxyl groups excluding tert-OH is 2. The van der Waals surface area contributed by atoms with E-state index in [9.17, 15) is 29.4 Å². The van der Waals surface area contributed by atoms with Gasteiger partial charge in [0.15, 0.2) is 0 Å². The Kier molecular flexibility index (Phi) is 7.97. The smallest absolute Gasteiger partial charge is 0.245 e. The monoisotopic (exact) mass is 372 g/mol. The summed E-state index contributed by atoms with van der Waals surface area (Å²) in [7, 11) is 0. The molecule has 0 unspecified atom stereocenters. The molecule has 10 nitrogen and oxygen atoms in total. The van der Waals surface area contributed by atoms with E-state index in [0.29, 0.717) is 0 Å². The van der Waals surface area contributed by atoms with Crippen LogP contribution in [0.5, 0.6) is 0 Å². The van der Waals surface area contributed by atoms with E-state index in [0.717, 1.165) is 0 Å². The van der Waals surface area contributed by atoms with E-state index < -0.39 is 61.0 Å². The minimum Gasteiger partial charge on any atom is -0.394 e. The highest BCUT2D eigenvalue weighted by atomic mass is 16.3. The van der Waals surface area contributed by atoms with Crippen molar-refractivity contribution in [1.82, 2.24) is 21.3 Å². The second-order valence-electron chi connectivity index (χ2n) is 6.95. The summed E-state index contributed by atoms with van der Waals surface area (Å²) in [6.07, 6.45) is 0. The maximum Gasteiger partial charge on any atom is 0.245 e. The predicted octanol–water partition coefficient (Wildman–Crippen LogP) is -2.76. The van der Waals surface area contributed by atoms with Crippen molar-refractivity contribution >= 4 is 23.6 Å². The molecule has 148 valence electrons. The lowest BCUT2D eigenvalue weighted by Gasteiger charge is -2.30. The molecule has 10 heteroatoms. The van der Waals surface area contributed by atoms with Gasteiger partial charge in [0.25, 0.3) is 0 Å². The van der Waals surface area contributed by atoms with Gasteiger partial charge in [0, 0.05) is 0 Å². The van der Waals surface area contributed by atoms with Gasteiger partial charge in [0.1, 0.15) is 24.2 Å². The quantitative estimate of drug-likeness (QED) is 0.314. The summed E-state index contributed by atoms with van der Waals surface area (Å²) in [6, 6.07) is -4.53. The maximum atomic E-state index is 12.4. The maximum absolute atomic E-state index is 12.4. The van der Waals surface area contributed by atoms with Gasteiger partial charge < -0.3 is 31.5 Å². The van der Waals surface area contributed by atoms with Crippen molar-refractivity contribution < 1.29 is 29.4 Å². The van der Waals surface area contributed by atoms with Gasteiger partial charge in [-0.05, 0) is 11.8 Å². The van der Waals surface area contributed by atoms with Gasteiger partial charge in [-0.3, -0.25) is 19.2 Å². The molecule has 0 aromatic heterocycles. The predicted molar refractivity (Wildman–Crippen MR) is 91.6 cm³/mol. The van der Waals surface area contributed by atoms with Crippen molar-refractivity contribution in [3.05, 3.63) is 0 Å². The molecule has 1 fully saturated rings. The Balaban J connectivity index is 3.24. The van der Waals surface area contributed by atoms with Crippen molar-refractivity contribution in [2.75, 3.05) is 13.2 Å². The topological polar surface area (TPSA) is 157 Å². The lowest BCUT2D eigenvalue weighted by Crippen LogP contribution is -2.64. The third-order valence-corrected chi connectivity index (χ3v) is 4.12. The fraction of sp³-hybridized carbons (Fsp3) is 0.750. The summed E-state index contributed by atoms with van der Waals surface area (Å²) in [6.45, 7) is 5.42. The van der Waals surface area contributed by atoms with E-state index in [2.05, 4.69) is 21.3 Å². The molecule has 1 aliphatic rings. The number of carbonyl (C=O) groups is 4. The van der Waals surface area contributed by atoms with E-state index in [1.165, 1.54) is 0 Å². The van der Waals surface area contributed by atoms with Crippen LogP contribution in [0.3, 0.4) is 0 Å². The van der Waals surface area contributed by atoms with Gasteiger partial charge in [-0.25, -0.2) is 0 Å². The molecule has 0 spiro atoms. The number of amides is 4. The summed E-state index contributed by atoms with van der Waals surface area (Å²) in [5, 5.41) is 28.6. The molecular weight excluding hydrogens is 344 g/mol. The molecule has 1 aliphatic heterocycles. The van der Waals surface area contributed by atoms with Crippen molar-refractivity contribution in [2.45, 2.75) is 51.9 Å². The molecule has 26 heavy (non-hydrogen) atoms. The summed E-state index contributed by atoms with van der Waals surface area (Å²) in [5.74, 6) is -3.39. The van der Waals surface area contributed by atoms with Crippen LogP contribution >= 0.6 is 0 Å². The number of rotatable bonds is 4. The minimum absolute atomic E-state index is 0.331. The molecule has 6 N–H and O–H groups in total. The number of nitrogens with one attached hydrogen (secondary N) is 4. The van der Waals surface area contributed by atoms with Gasteiger partial charge in [-0.15, -0.1) is 0 Å². The Morgan fingerprint density at radius 1 is 0.654 bits per heavy atom. The van der Waals surface area contributed by atoms with Crippen LogP contribution in [0.25, 0.3) is 0 Å². The van der Waals surface area contributed by atoms with Crippen molar-refractivity contribution in [3.63, 3.8) is 0 Å². The molecular formula is C16H28N4O6. The lowest BCUT2D eigenvalue weighted by atomic mass is 10.00. The van der Waals surface area contributed by atoms with Crippen molar-refractivity contribution in [1.29, 1.82) is 0 Å². The zero-order valence-electron chi connectivity index (χ0n) is 15.4. The molecule has 0 radical (unpaired) electrons. The first-order valence-electron chi connectivity index (χ1n) is 8.55. The minimum atomic E-state index is -1.26. The van der Waals surface area contributed by atoms with E-state index in [-0.39, 0.29) is 11.8 Å². The zero-order chi connectivity index (χ0) is 20.0. The number of carbonyl (C=O) groups excluding carboxylic acids is 4. The van der Waals surface area contributed by atoms with Crippen LogP contribution in [0.15, 0.2) is 0 Å². The summed E-state index contributed by atoms with van der Waals surface area (Å²) < 4.78 is 0. The van der Waals surface area contributed by atoms with E-state index in [1.54, 1.807) is 27.7 Å². The van der Waals surface area contributed by atoms with Crippen molar-refractivity contribution in [3.8, 4) is 0 Å². The Labute approximate surface area is 152 Å². The third-order valence-electron chi connectivity index (χ3n) is 4.12. The highest BCUT2D eigenvalue weighted by molar-refractivity contribution is 5.97. The summed E-state index contributed by atoms with van der Waals surface area (Å²) >= 11 is 0. The average molecular weight is 372 g/mol. The molecule has 0 aromatic carbocycles. The Morgan fingerprint density at radius 2 is 0.962 bits per heavy atom. The second kappa shape index (κ2) is 9.48. The largest absolute Gasteiger partial charge is 0.394 e. The van der Waals surface area contributed by atoms with Crippen LogP contribution in [-0.2, 0) is 19.2 Å². The first-order chi connectivity index (χ1) is 12.1. The molecule has 1 rings (SSSR count). The normalized spacial score (nSPS) is 28.6. The number of hydrogen-bond acceptors (Lipinski definition) is 6. The van der Waals surface area contributed by atoms with Gasteiger partial charge in [0.05, 0.1) is 13.2 Å². The molecule has 0 bridgehead atoms. The van der Waals surface area contributed by atoms with Gasteiger partial charge >= 0.3 is 0 Å². The standard InChI is InChI=1S/C16H28N4O6/c1-7(2)11-15(25)17-10(6-22)14(24)20-12(8(3)4)16(26)18-9(5-21)13(23)19-11/h7-12,21-22H,5-6H2,1-4H3,(H,17,25)(H,18,26)(H,19,23)(H,20,24)/t9-,10-,11-,12-/m0/s1. The fourth-order valence-electron chi connectivity index (χ4n) is 2.49. The Morgan fingerprint density at radius 3 is 1.19 bits per heavy atom.